The van der Waals surface area contributed by atoms with Crippen molar-refractivity contribution >= 4 is 11.7 Å². The fourth-order valence-corrected chi connectivity index (χ4v) is 1.67. The average molecular weight is 259 g/mol. The van der Waals surface area contributed by atoms with Crippen molar-refractivity contribution in [3.05, 3.63) is 65.0 Å². The number of hydrogen-bond donors (Lipinski definition) is 2. The lowest BCUT2D eigenvalue weighted by molar-refractivity contribution is 0.0697. The van der Waals surface area contributed by atoms with Crippen LogP contribution in [-0.4, -0.2) is 11.1 Å². The van der Waals surface area contributed by atoms with E-state index >= 15 is 0 Å². The molecule has 0 heterocycles. The van der Waals surface area contributed by atoms with E-state index in [9.17, 15) is 9.18 Å². The first kappa shape index (κ1) is 13.1. The van der Waals surface area contributed by atoms with E-state index in [2.05, 4.69) is 5.32 Å². The third kappa shape index (κ3) is 3.31. The van der Waals surface area contributed by atoms with Crippen LogP contribution in [-0.2, 0) is 6.54 Å². The van der Waals surface area contributed by atoms with Gasteiger partial charge in [0.2, 0.25) is 0 Å². The molecule has 3 nitrogen and oxygen atoms in total. The Labute approximate surface area is 110 Å². The highest BCUT2D eigenvalue weighted by Gasteiger charge is 2.02. The van der Waals surface area contributed by atoms with Crippen molar-refractivity contribution in [2.24, 2.45) is 0 Å². The predicted octanol–water partition coefficient (Wildman–Crippen LogP) is 3.44. The maximum atomic E-state index is 13.3. The van der Waals surface area contributed by atoms with E-state index in [-0.39, 0.29) is 11.4 Å². The third-order valence-electron chi connectivity index (χ3n) is 2.87. The normalized spacial score (nSPS) is 10.2. The maximum absolute atomic E-state index is 13.3. The molecule has 0 saturated heterocycles. The molecule has 0 unspecified atom stereocenters. The highest BCUT2D eigenvalue weighted by Crippen LogP contribution is 2.15. The minimum absolute atomic E-state index is 0.244. The molecule has 0 aliphatic heterocycles. The van der Waals surface area contributed by atoms with Crippen LogP contribution in [0.4, 0.5) is 10.1 Å². The van der Waals surface area contributed by atoms with Crippen molar-refractivity contribution in [1.82, 2.24) is 0 Å². The molecule has 0 amide bonds. The van der Waals surface area contributed by atoms with Gasteiger partial charge in [-0.1, -0.05) is 18.2 Å². The number of carboxylic acids is 1. The Balaban J connectivity index is 2.01. The summed E-state index contributed by atoms with van der Waals surface area (Å²) in [5, 5.41) is 11.9. The van der Waals surface area contributed by atoms with E-state index in [0.29, 0.717) is 17.8 Å². The number of carboxylic acid groups (broad SMARTS) is 1. The van der Waals surface area contributed by atoms with Gasteiger partial charge in [0, 0.05) is 12.2 Å². The van der Waals surface area contributed by atoms with Crippen LogP contribution < -0.4 is 5.32 Å². The lowest BCUT2D eigenvalue weighted by Crippen LogP contribution is -2.01. The Morgan fingerprint density at radius 1 is 1.21 bits per heavy atom. The van der Waals surface area contributed by atoms with Crippen molar-refractivity contribution in [1.29, 1.82) is 0 Å². The summed E-state index contributed by atoms with van der Waals surface area (Å²) in [6.07, 6.45) is 0. The molecule has 2 aromatic rings. The van der Waals surface area contributed by atoms with Crippen molar-refractivity contribution in [2.45, 2.75) is 13.5 Å². The summed E-state index contributed by atoms with van der Waals surface area (Å²) in [5.74, 6) is -1.19. The number of aryl methyl sites for hydroxylation is 1. The number of anilines is 1. The van der Waals surface area contributed by atoms with E-state index in [1.54, 1.807) is 37.3 Å². The van der Waals surface area contributed by atoms with Gasteiger partial charge in [0.15, 0.2) is 0 Å². The topological polar surface area (TPSA) is 49.3 Å². The van der Waals surface area contributed by atoms with Crippen LogP contribution >= 0.6 is 0 Å². The highest BCUT2D eigenvalue weighted by molar-refractivity contribution is 5.87. The molecule has 2 N–H and O–H groups in total. The van der Waals surface area contributed by atoms with Gasteiger partial charge in [-0.3, -0.25) is 0 Å². The Hall–Kier alpha value is -2.36. The highest BCUT2D eigenvalue weighted by atomic mass is 19.1. The van der Waals surface area contributed by atoms with Crippen molar-refractivity contribution in [3.8, 4) is 0 Å². The molecule has 19 heavy (non-hydrogen) atoms. The van der Waals surface area contributed by atoms with Gasteiger partial charge in [0.05, 0.1) is 5.56 Å². The van der Waals surface area contributed by atoms with Crippen LogP contribution in [0.3, 0.4) is 0 Å². The van der Waals surface area contributed by atoms with Crippen LogP contribution in [0.5, 0.6) is 0 Å². The largest absolute Gasteiger partial charge is 0.478 e. The molecule has 0 atom stereocenters. The van der Waals surface area contributed by atoms with Crippen LogP contribution in [0, 0.1) is 12.7 Å². The number of benzene rings is 2. The van der Waals surface area contributed by atoms with E-state index in [0.717, 1.165) is 5.56 Å². The lowest BCUT2D eigenvalue weighted by atomic mass is 10.1. The SMILES string of the molecule is Cc1ccc(NCc2ccc(C(=O)O)cc2)cc1F. The van der Waals surface area contributed by atoms with Gasteiger partial charge < -0.3 is 10.4 Å². The molecule has 0 aromatic heterocycles. The van der Waals surface area contributed by atoms with Gasteiger partial charge in [0.1, 0.15) is 5.82 Å². The van der Waals surface area contributed by atoms with Gasteiger partial charge in [-0.2, -0.15) is 0 Å². The Morgan fingerprint density at radius 2 is 1.89 bits per heavy atom. The Kier molecular flexibility index (Phi) is 3.80. The molecule has 0 radical (unpaired) electrons. The molecule has 0 saturated carbocycles. The number of aromatic carboxylic acids is 1. The fraction of sp³-hybridized carbons (Fsp3) is 0.133. The summed E-state index contributed by atoms with van der Waals surface area (Å²) in [6.45, 7) is 2.23. The zero-order valence-corrected chi connectivity index (χ0v) is 10.5. The number of nitrogens with one attached hydrogen (secondary N) is 1. The molecular weight excluding hydrogens is 245 g/mol. The van der Waals surface area contributed by atoms with Crippen LogP contribution in [0.15, 0.2) is 42.5 Å². The minimum Gasteiger partial charge on any atom is -0.478 e. The molecule has 0 aliphatic carbocycles. The zero-order chi connectivity index (χ0) is 13.8. The van der Waals surface area contributed by atoms with E-state index < -0.39 is 5.97 Å². The maximum Gasteiger partial charge on any atom is 0.335 e. The second kappa shape index (κ2) is 5.52. The molecule has 4 heteroatoms. The number of halogens is 1. The second-order valence-corrected chi connectivity index (χ2v) is 4.32. The van der Waals surface area contributed by atoms with Gasteiger partial charge in [-0.25, -0.2) is 9.18 Å². The van der Waals surface area contributed by atoms with Crippen molar-refractivity contribution < 1.29 is 14.3 Å². The van der Waals surface area contributed by atoms with Gasteiger partial charge >= 0.3 is 5.97 Å². The van der Waals surface area contributed by atoms with E-state index in [1.165, 1.54) is 6.07 Å². The van der Waals surface area contributed by atoms with E-state index in [4.69, 9.17) is 5.11 Å². The van der Waals surface area contributed by atoms with Crippen molar-refractivity contribution in [2.75, 3.05) is 5.32 Å². The molecule has 2 rings (SSSR count). The van der Waals surface area contributed by atoms with Crippen LogP contribution in [0.25, 0.3) is 0 Å². The van der Waals surface area contributed by atoms with Crippen molar-refractivity contribution in [3.63, 3.8) is 0 Å². The average Bonchev–Trinajstić information content (AvgIpc) is 2.40. The summed E-state index contributed by atoms with van der Waals surface area (Å²) < 4.78 is 13.3. The zero-order valence-electron chi connectivity index (χ0n) is 10.5. The summed E-state index contributed by atoms with van der Waals surface area (Å²) in [6, 6.07) is 11.5. The number of hydrogen-bond acceptors (Lipinski definition) is 2. The van der Waals surface area contributed by atoms with Gasteiger partial charge in [-0.15, -0.1) is 0 Å². The quantitative estimate of drug-likeness (QED) is 0.884. The van der Waals surface area contributed by atoms with Crippen LogP contribution in [0.2, 0.25) is 0 Å². The third-order valence-corrected chi connectivity index (χ3v) is 2.87. The standard InChI is InChI=1S/C15H14FNO2/c1-10-2-7-13(8-14(10)16)17-9-11-3-5-12(6-4-11)15(18)19/h2-8,17H,9H2,1H3,(H,18,19). The first-order valence-corrected chi connectivity index (χ1v) is 5.88. The predicted molar refractivity (Wildman–Crippen MR) is 71.9 cm³/mol. The Morgan fingerprint density at radius 3 is 2.47 bits per heavy atom. The minimum atomic E-state index is -0.944. The molecular formula is C15H14FNO2. The molecule has 2 aromatic carbocycles. The van der Waals surface area contributed by atoms with Gasteiger partial charge in [0.25, 0.3) is 0 Å². The molecule has 0 spiro atoms. The Bertz CT molecular complexity index is 594. The van der Waals surface area contributed by atoms with E-state index in [1.807, 2.05) is 6.07 Å². The summed E-state index contributed by atoms with van der Waals surface area (Å²) >= 11 is 0. The molecule has 98 valence electrons. The lowest BCUT2D eigenvalue weighted by Gasteiger charge is -2.08. The first-order valence-electron chi connectivity index (χ1n) is 5.88. The fourth-order valence-electron chi connectivity index (χ4n) is 1.67. The smallest absolute Gasteiger partial charge is 0.335 e. The number of rotatable bonds is 4. The van der Waals surface area contributed by atoms with Gasteiger partial charge in [-0.05, 0) is 42.3 Å². The molecule has 0 bridgehead atoms. The summed E-state index contributed by atoms with van der Waals surface area (Å²) in [5.41, 5.74) is 2.50. The summed E-state index contributed by atoms with van der Waals surface area (Å²) in [7, 11) is 0. The first-order chi connectivity index (χ1) is 9.06. The monoisotopic (exact) mass is 259 g/mol. The molecule has 0 fully saturated rings. The number of carbonyl (C=O) groups is 1. The molecule has 0 aliphatic rings. The second-order valence-electron chi connectivity index (χ2n) is 4.32. The van der Waals surface area contributed by atoms with Crippen LogP contribution in [0.1, 0.15) is 21.5 Å². The summed E-state index contributed by atoms with van der Waals surface area (Å²) in [4.78, 5) is 10.7.